The Labute approximate surface area is 150 Å². The summed E-state index contributed by atoms with van der Waals surface area (Å²) in [7, 11) is 0. The van der Waals surface area contributed by atoms with E-state index >= 15 is 0 Å². The number of halogens is 1. The Morgan fingerprint density at radius 3 is 2.64 bits per heavy atom. The van der Waals surface area contributed by atoms with Crippen molar-refractivity contribution in [3.05, 3.63) is 76.6 Å². The number of pyridine rings is 3. The Balaban J connectivity index is 1.80. The number of hydrogen-bond donors (Lipinski definition) is 0. The summed E-state index contributed by atoms with van der Waals surface area (Å²) in [5, 5.41) is 0.477. The van der Waals surface area contributed by atoms with E-state index in [1.165, 1.54) is 6.20 Å². The second-order valence-corrected chi connectivity index (χ2v) is 6.13. The van der Waals surface area contributed by atoms with Gasteiger partial charge in [0.15, 0.2) is 5.78 Å². The molecule has 3 aromatic heterocycles. The van der Waals surface area contributed by atoms with E-state index in [1.807, 2.05) is 26.0 Å². The first kappa shape index (κ1) is 17.0. The van der Waals surface area contributed by atoms with Gasteiger partial charge in [0.25, 0.3) is 0 Å². The van der Waals surface area contributed by atoms with Gasteiger partial charge in [0.2, 0.25) is 0 Å². The van der Waals surface area contributed by atoms with E-state index in [0.717, 1.165) is 5.56 Å². The van der Waals surface area contributed by atoms with Crippen LogP contribution in [-0.4, -0.2) is 20.7 Å². The van der Waals surface area contributed by atoms with Gasteiger partial charge in [-0.2, -0.15) is 0 Å². The Bertz CT molecular complexity index is 911. The molecular formula is C19H16ClN3O2. The number of hydrogen-bond acceptors (Lipinski definition) is 5. The lowest BCUT2D eigenvalue weighted by molar-refractivity contribution is 0.0986. The van der Waals surface area contributed by atoms with E-state index in [1.54, 1.807) is 30.6 Å². The number of ether oxygens (including phenoxy) is 1. The van der Waals surface area contributed by atoms with Crippen molar-refractivity contribution in [2.24, 2.45) is 0 Å². The third kappa shape index (κ3) is 4.61. The van der Waals surface area contributed by atoms with Crippen LogP contribution in [0.25, 0.3) is 0 Å². The maximum Gasteiger partial charge on any atom is 0.187 e. The number of nitrogens with zero attached hydrogens (tertiary/aromatic N) is 3. The minimum Gasteiger partial charge on any atom is -0.456 e. The van der Waals surface area contributed by atoms with Gasteiger partial charge in [0, 0.05) is 42.0 Å². The summed E-state index contributed by atoms with van der Waals surface area (Å²) in [6.45, 7) is 3.76. The molecule has 0 saturated heterocycles. The van der Waals surface area contributed by atoms with Gasteiger partial charge in [-0.05, 0) is 25.5 Å². The summed E-state index contributed by atoms with van der Waals surface area (Å²) in [4.78, 5) is 25.1. The van der Waals surface area contributed by atoms with E-state index in [0.29, 0.717) is 33.6 Å². The second-order valence-electron chi connectivity index (χ2n) is 5.70. The van der Waals surface area contributed by atoms with Crippen molar-refractivity contribution in [1.29, 1.82) is 0 Å². The number of Topliss-reactive ketones (excluding diaryl/α,β-unsaturated/α-hetero) is 1. The van der Waals surface area contributed by atoms with Crippen LogP contribution >= 0.6 is 11.6 Å². The largest absolute Gasteiger partial charge is 0.456 e. The van der Waals surface area contributed by atoms with Crippen molar-refractivity contribution in [3.8, 4) is 11.5 Å². The first-order valence-corrected chi connectivity index (χ1v) is 8.09. The predicted molar refractivity (Wildman–Crippen MR) is 95.3 cm³/mol. The van der Waals surface area contributed by atoms with Gasteiger partial charge in [-0.3, -0.25) is 14.8 Å². The normalized spacial score (nSPS) is 10.5. The SMILES string of the molecule is Cc1ccc(CC(=O)c2cc(Oc3cncc(Cl)c3)cc(C)n2)nc1. The fraction of sp³-hybridized carbons (Fsp3) is 0.158. The standard InChI is InChI=1S/C19H16ClN3O2/c1-12-3-4-15(22-9-12)7-19(24)18-8-16(5-13(2)23-18)25-17-6-14(20)10-21-11-17/h3-6,8-11H,7H2,1-2H3. The van der Waals surface area contributed by atoms with Crippen LogP contribution in [0.1, 0.15) is 27.4 Å². The molecule has 3 aromatic rings. The van der Waals surface area contributed by atoms with Gasteiger partial charge in [0.05, 0.1) is 17.6 Å². The van der Waals surface area contributed by atoms with Crippen LogP contribution in [0, 0.1) is 13.8 Å². The molecule has 6 heteroatoms. The van der Waals surface area contributed by atoms with Crippen molar-refractivity contribution in [2.45, 2.75) is 20.3 Å². The molecule has 0 fully saturated rings. The number of carbonyl (C=O) groups excluding carboxylic acids is 1. The van der Waals surface area contributed by atoms with Gasteiger partial charge in [-0.15, -0.1) is 0 Å². The van der Waals surface area contributed by atoms with Gasteiger partial charge < -0.3 is 4.74 Å². The van der Waals surface area contributed by atoms with Crippen LogP contribution in [0.4, 0.5) is 0 Å². The number of carbonyl (C=O) groups is 1. The molecule has 0 aliphatic rings. The van der Waals surface area contributed by atoms with E-state index in [-0.39, 0.29) is 12.2 Å². The zero-order chi connectivity index (χ0) is 17.8. The average Bonchev–Trinajstić information content (AvgIpc) is 2.56. The van der Waals surface area contributed by atoms with Crippen molar-refractivity contribution in [3.63, 3.8) is 0 Å². The monoisotopic (exact) mass is 353 g/mol. The first-order valence-electron chi connectivity index (χ1n) is 7.71. The van der Waals surface area contributed by atoms with Gasteiger partial charge in [-0.1, -0.05) is 17.7 Å². The highest BCUT2D eigenvalue weighted by molar-refractivity contribution is 6.30. The van der Waals surface area contributed by atoms with Crippen LogP contribution in [-0.2, 0) is 6.42 Å². The average molecular weight is 354 g/mol. The Kier molecular flexibility index (Phi) is 5.05. The number of ketones is 1. The third-order valence-corrected chi connectivity index (χ3v) is 3.65. The Morgan fingerprint density at radius 2 is 1.92 bits per heavy atom. The molecule has 126 valence electrons. The molecule has 3 heterocycles. The van der Waals surface area contributed by atoms with E-state index in [9.17, 15) is 4.79 Å². The molecule has 0 aliphatic carbocycles. The summed E-state index contributed by atoms with van der Waals surface area (Å²) < 4.78 is 5.74. The highest BCUT2D eigenvalue weighted by atomic mass is 35.5. The van der Waals surface area contributed by atoms with Crippen LogP contribution in [0.5, 0.6) is 11.5 Å². The molecule has 3 rings (SSSR count). The molecular weight excluding hydrogens is 338 g/mol. The molecule has 0 N–H and O–H groups in total. The van der Waals surface area contributed by atoms with Crippen LogP contribution in [0.2, 0.25) is 5.02 Å². The minimum absolute atomic E-state index is 0.117. The number of aryl methyl sites for hydroxylation is 2. The van der Waals surface area contributed by atoms with E-state index in [2.05, 4.69) is 15.0 Å². The van der Waals surface area contributed by atoms with Crippen LogP contribution < -0.4 is 4.74 Å². The molecule has 0 atom stereocenters. The van der Waals surface area contributed by atoms with Crippen LogP contribution in [0.3, 0.4) is 0 Å². The molecule has 25 heavy (non-hydrogen) atoms. The minimum atomic E-state index is -0.117. The Morgan fingerprint density at radius 1 is 1.08 bits per heavy atom. The smallest absolute Gasteiger partial charge is 0.187 e. The maximum absolute atomic E-state index is 12.5. The van der Waals surface area contributed by atoms with Crippen molar-refractivity contribution < 1.29 is 9.53 Å². The molecule has 0 aliphatic heterocycles. The zero-order valence-corrected chi connectivity index (χ0v) is 14.6. The maximum atomic E-state index is 12.5. The molecule has 0 unspecified atom stereocenters. The lowest BCUT2D eigenvalue weighted by Crippen LogP contribution is -2.08. The third-order valence-electron chi connectivity index (χ3n) is 3.44. The van der Waals surface area contributed by atoms with Crippen LogP contribution in [0.15, 0.2) is 48.9 Å². The summed E-state index contributed by atoms with van der Waals surface area (Å²) in [6.07, 6.45) is 5.01. The second kappa shape index (κ2) is 7.40. The Hall–Kier alpha value is -2.79. The summed E-state index contributed by atoms with van der Waals surface area (Å²) in [6, 6.07) is 8.80. The summed E-state index contributed by atoms with van der Waals surface area (Å²) in [5.41, 5.74) is 2.79. The first-order chi connectivity index (χ1) is 12.0. The number of aromatic nitrogens is 3. The lowest BCUT2D eigenvalue weighted by atomic mass is 10.1. The van der Waals surface area contributed by atoms with Crippen molar-refractivity contribution >= 4 is 17.4 Å². The fourth-order valence-corrected chi connectivity index (χ4v) is 2.44. The molecule has 0 radical (unpaired) electrons. The molecule has 0 saturated carbocycles. The molecule has 0 bridgehead atoms. The summed E-state index contributed by atoms with van der Waals surface area (Å²) in [5.74, 6) is 0.891. The van der Waals surface area contributed by atoms with Gasteiger partial charge in [0.1, 0.15) is 17.2 Å². The topological polar surface area (TPSA) is 65.0 Å². The molecule has 5 nitrogen and oxygen atoms in total. The number of rotatable bonds is 5. The molecule has 0 spiro atoms. The zero-order valence-electron chi connectivity index (χ0n) is 13.9. The predicted octanol–water partition coefficient (Wildman–Crippen LogP) is 4.36. The van der Waals surface area contributed by atoms with Gasteiger partial charge in [-0.25, -0.2) is 4.98 Å². The van der Waals surface area contributed by atoms with Gasteiger partial charge >= 0.3 is 0 Å². The summed E-state index contributed by atoms with van der Waals surface area (Å²) >= 11 is 5.91. The highest BCUT2D eigenvalue weighted by Gasteiger charge is 2.12. The van der Waals surface area contributed by atoms with E-state index < -0.39 is 0 Å². The molecule has 0 amide bonds. The quantitative estimate of drug-likeness (QED) is 0.637. The fourth-order valence-electron chi connectivity index (χ4n) is 2.28. The molecule has 0 aromatic carbocycles. The van der Waals surface area contributed by atoms with Crippen molar-refractivity contribution in [1.82, 2.24) is 15.0 Å². The lowest BCUT2D eigenvalue weighted by Gasteiger charge is -2.08. The van der Waals surface area contributed by atoms with Crippen molar-refractivity contribution in [2.75, 3.05) is 0 Å². The van der Waals surface area contributed by atoms with E-state index in [4.69, 9.17) is 16.3 Å². The highest BCUT2D eigenvalue weighted by Crippen LogP contribution is 2.24.